The zero-order valence-electron chi connectivity index (χ0n) is 10.9. The van der Waals surface area contributed by atoms with Crippen LogP contribution >= 0.6 is 11.8 Å². The van der Waals surface area contributed by atoms with Crippen molar-refractivity contribution in [1.29, 1.82) is 0 Å². The fourth-order valence-electron chi connectivity index (χ4n) is 1.96. The molecule has 0 spiro atoms. The molecule has 106 valence electrons. The first-order valence-electron chi connectivity index (χ1n) is 6.42. The Balaban J connectivity index is 2.11. The minimum absolute atomic E-state index is 0.0574. The molecule has 1 aromatic rings. The van der Waals surface area contributed by atoms with Crippen molar-refractivity contribution in [2.75, 3.05) is 23.4 Å². The number of nitrogens with one attached hydrogen (secondary N) is 2. The highest BCUT2D eigenvalue weighted by atomic mass is 32.2. The maximum Gasteiger partial charge on any atom is 0.241 e. The number of hydrogen-bond acceptors (Lipinski definition) is 5. The number of hydrogen-bond donors (Lipinski definition) is 2. The maximum absolute atomic E-state index is 12.3. The highest BCUT2D eigenvalue weighted by molar-refractivity contribution is 7.99. The fraction of sp³-hybridized carbons (Fsp3) is 0.583. The molecule has 0 radical (unpaired) electrons. The van der Waals surface area contributed by atoms with Crippen LogP contribution in [0.3, 0.4) is 0 Å². The minimum Gasteiger partial charge on any atom is -0.370 e. The second-order valence-electron chi connectivity index (χ2n) is 4.42. The van der Waals surface area contributed by atoms with Crippen LogP contribution in [0.2, 0.25) is 0 Å². The summed E-state index contributed by atoms with van der Waals surface area (Å²) in [4.78, 5) is 4.36. The van der Waals surface area contributed by atoms with Crippen LogP contribution in [-0.4, -0.2) is 37.5 Å². The van der Waals surface area contributed by atoms with Crippen molar-refractivity contribution in [3.63, 3.8) is 0 Å². The summed E-state index contributed by atoms with van der Waals surface area (Å²) in [6.07, 6.45) is 3.31. The average molecular weight is 301 g/mol. The van der Waals surface area contributed by atoms with E-state index >= 15 is 0 Å². The summed E-state index contributed by atoms with van der Waals surface area (Å²) >= 11 is 1.87. The Labute approximate surface area is 118 Å². The monoisotopic (exact) mass is 301 g/mol. The third kappa shape index (κ3) is 4.09. The molecule has 0 saturated carbocycles. The quantitative estimate of drug-likeness (QED) is 0.866. The van der Waals surface area contributed by atoms with Gasteiger partial charge in [0.2, 0.25) is 10.0 Å². The Morgan fingerprint density at radius 3 is 2.84 bits per heavy atom. The van der Waals surface area contributed by atoms with Crippen molar-refractivity contribution in [3.05, 3.63) is 18.3 Å². The standard InChI is InChI=1S/C12H19N3O2S2/c1-2-13-12-9-11(3-6-14-12)19(16,17)15-10-4-7-18-8-5-10/h3,6,9-10,15H,2,4-5,7-8H2,1H3,(H,13,14). The maximum atomic E-state index is 12.3. The van der Waals surface area contributed by atoms with Gasteiger partial charge in [0.25, 0.3) is 0 Å². The Bertz CT molecular complexity index is 513. The topological polar surface area (TPSA) is 71.1 Å². The van der Waals surface area contributed by atoms with Gasteiger partial charge >= 0.3 is 0 Å². The molecule has 19 heavy (non-hydrogen) atoms. The Morgan fingerprint density at radius 1 is 1.42 bits per heavy atom. The van der Waals surface area contributed by atoms with Crippen LogP contribution in [0.15, 0.2) is 23.2 Å². The number of sulfonamides is 1. The Morgan fingerprint density at radius 2 is 2.16 bits per heavy atom. The van der Waals surface area contributed by atoms with Crippen molar-refractivity contribution >= 4 is 27.6 Å². The van der Waals surface area contributed by atoms with E-state index in [1.165, 1.54) is 12.3 Å². The van der Waals surface area contributed by atoms with Crippen LogP contribution in [0.4, 0.5) is 5.82 Å². The molecule has 1 aliphatic rings. The molecule has 1 aromatic heterocycles. The fourth-order valence-corrected chi connectivity index (χ4v) is 4.38. The highest BCUT2D eigenvalue weighted by Gasteiger charge is 2.22. The molecule has 0 aromatic carbocycles. The smallest absolute Gasteiger partial charge is 0.241 e. The summed E-state index contributed by atoms with van der Waals surface area (Å²) in [5.74, 6) is 2.63. The van der Waals surface area contributed by atoms with Crippen molar-refractivity contribution in [2.24, 2.45) is 0 Å². The predicted molar refractivity (Wildman–Crippen MR) is 79.1 cm³/mol. The second kappa shape index (κ2) is 6.58. The summed E-state index contributed by atoms with van der Waals surface area (Å²) in [5, 5.41) is 3.02. The van der Waals surface area contributed by atoms with Gasteiger partial charge in [-0.05, 0) is 37.3 Å². The van der Waals surface area contributed by atoms with E-state index in [4.69, 9.17) is 0 Å². The molecule has 1 fully saturated rings. The van der Waals surface area contributed by atoms with E-state index in [9.17, 15) is 8.42 Å². The Kier molecular flexibility index (Phi) is 5.06. The van der Waals surface area contributed by atoms with Gasteiger partial charge in [0.05, 0.1) is 4.90 Å². The van der Waals surface area contributed by atoms with Crippen LogP contribution in [0.25, 0.3) is 0 Å². The molecule has 0 atom stereocenters. The summed E-state index contributed by atoms with van der Waals surface area (Å²) in [5.41, 5.74) is 0. The lowest BCUT2D eigenvalue weighted by Crippen LogP contribution is -2.37. The van der Waals surface area contributed by atoms with Gasteiger partial charge in [-0.3, -0.25) is 0 Å². The molecule has 1 aliphatic heterocycles. The molecule has 2 N–H and O–H groups in total. The Hall–Kier alpha value is -0.790. The number of nitrogens with zero attached hydrogens (tertiary/aromatic N) is 1. The van der Waals surface area contributed by atoms with Crippen molar-refractivity contribution in [2.45, 2.75) is 30.7 Å². The number of anilines is 1. The van der Waals surface area contributed by atoms with Gasteiger partial charge in [-0.15, -0.1) is 0 Å². The lowest BCUT2D eigenvalue weighted by Gasteiger charge is -2.22. The molecule has 7 heteroatoms. The van der Waals surface area contributed by atoms with E-state index in [0.717, 1.165) is 24.3 Å². The van der Waals surface area contributed by atoms with Crippen LogP contribution in [0, 0.1) is 0 Å². The van der Waals surface area contributed by atoms with Crippen LogP contribution in [-0.2, 0) is 10.0 Å². The van der Waals surface area contributed by atoms with Gasteiger partial charge < -0.3 is 5.32 Å². The molecule has 2 rings (SSSR count). The van der Waals surface area contributed by atoms with E-state index in [-0.39, 0.29) is 10.9 Å². The third-order valence-corrected chi connectivity index (χ3v) is 5.51. The largest absolute Gasteiger partial charge is 0.370 e. The molecule has 5 nitrogen and oxygen atoms in total. The van der Waals surface area contributed by atoms with E-state index < -0.39 is 10.0 Å². The molecule has 0 bridgehead atoms. The number of rotatable bonds is 5. The number of thioether (sulfide) groups is 1. The first-order chi connectivity index (χ1) is 9.12. The van der Waals surface area contributed by atoms with E-state index in [1.807, 2.05) is 18.7 Å². The van der Waals surface area contributed by atoms with Gasteiger partial charge in [0.15, 0.2) is 0 Å². The third-order valence-electron chi connectivity index (χ3n) is 2.94. The summed E-state index contributed by atoms with van der Waals surface area (Å²) < 4.78 is 27.4. The van der Waals surface area contributed by atoms with Crippen molar-refractivity contribution in [1.82, 2.24) is 9.71 Å². The van der Waals surface area contributed by atoms with Crippen LogP contribution in [0.1, 0.15) is 19.8 Å². The average Bonchev–Trinajstić information content (AvgIpc) is 2.40. The first kappa shape index (κ1) is 14.6. The molecular weight excluding hydrogens is 282 g/mol. The van der Waals surface area contributed by atoms with E-state index in [1.54, 1.807) is 6.07 Å². The van der Waals surface area contributed by atoms with Gasteiger partial charge in [-0.2, -0.15) is 11.8 Å². The van der Waals surface area contributed by atoms with Gasteiger partial charge in [0, 0.05) is 24.8 Å². The van der Waals surface area contributed by atoms with E-state index in [2.05, 4.69) is 15.0 Å². The summed E-state index contributed by atoms with van der Waals surface area (Å²) in [7, 11) is -3.44. The zero-order chi connectivity index (χ0) is 13.7. The normalized spacial score (nSPS) is 17.3. The molecule has 0 aliphatic carbocycles. The van der Waals surface area contributed by atoms with Gasteiger partial charge in [-0.1, -0.05) is 0 Å². The summed E-state index contributed by atoms with van der Waals surface area (Å²) in [6, 6.07) is 3.16. The van der Waals surface area contributed by atoms with E-state index in [0.29, 0.717) is 12.4 Å². The van der Waals surface area contributed by atoms with Crippen molar-refractivity contribution < 1.29 is 8.42 Å². The lowest BCUT2D eigenvalue weighted by molar-refractivity contribution is 0.529. The first-order valence-corrected chi connectivity index (χ1v) is 9.05. The highest BCUT2D eigenvalue weighted by Crippen LogP contribution is 2.20. The van der Waals surface area contributed by atoms with Crippen LogP contribution < -0.4 is 10.0 Å². The molecule has 0 amide bonds. The minimum atomic E-state index is -3.44. The molecular formula is C12H19N3O2S2. The number of pyridine rings is 1. The predicted octanol–water partition coefficient (Wildman–Crippen LogP) is 1.69. The molecule has 2 heterocycles. The SMILES string of the molecule is CCNc1cc(S(=O)(=O)NC2CCSCC2)ccn1. The molecule has 0 unspecified atom stereocenters. The number of aromatic nitrogens is 1. The lowest BCUT2D eigenvalue weighted by atomic mass is 10.2. The van der Waals surface area contributed by atoms with Crippen molar-refractivity contribution in [3.8, 4) is 0 Å². The zero-order valence-corrected chi connectivity index (χ0v) is 12.6. The van der Waals surface area contributed by atoms with Crippen LogP contribution in [0.5, 0.6) is 0 Å². The van der Waals surface area contributed by atoms with Gasteiger partial charge in [-0.25, -0.2) is 18.1 Å². The van der Waals surface area contributed by atoms with Gasteiger partial charge in [0.1, 0.15) is 5.82 Å². The summed E-state index contributed by atoms with van der Waals surface area (Å²) in [6.45, 7) is 2.66. The second-order valence-corrected chi connectivity index (χ2v) is 7.35. The molecule has 1 saturated heterocycles.